The second kappa shape index (κ2) is 11.4. The fraction of sp³-hybridized carbons (Fsp3) is 0.455. The first-order valence-electron chi connectivity index (χ1n) is 9.45. The number of aliphatic hydroxyl groups is 2. The lowest BCUT2D eigenvalue weighted by atomic mass is 9.78. The highest BCUT2D eigenvalue weighted by molar-refractivity contribution is 6.37. The molecule has 8 heteroatoms. The van der Waals surface area contributed by atoms with Gasteiger partial charge in [0.05, 0.1) is 22.5 Å². The Labute approximate surface area is 192 Å². The summed E-state index contributed by atoms with van der Waals surface area (Å²) < 4.78 is 16.0. The van der Waals surface area contributed by atoms with Crippen molar-refractivity contribution in [2.75, 3.05) is 32.8 Å². The predicted molar refractivity (Wildman–Crippen MR) is 121 cm³/mol. The van der Waals surface area contributed by atoms with Gasteiger partial charge < -0.3 is 24.4 Å². The maximum Gasteiger partial charge on any atom is 0.156 e. The number of methoxy groups -OCH3 is 1. The van der Waals surface area contributed by atoms with Crippen molar-refractivity contribution >= 4 is 34.8 Å². The first kappa shape index (κ1) is 25.1. The van der Waals surface area contributed by atoms with E-state index in [-0.39, 0.29) is 25.7 Å². The lowest BCUT2D eigenvalue weighted by Crippen LogP contribution is -2.23. The molecule has 0 aromatic heterocycles. The Balaban J connectivity index is 2.16. The highest BCUT2D eigenvalue weighted by Gasteiger charge is 2.26. The summed E-state index contributed by atoms with van der Waals surface area (Å²) in [5.41, 5.74) is 1.55. The van der Waals surface area contributed by atoms with E-state index >= 15 is 0 Å². The van der Waals surface area contributed by atoms with Gasteiger partial charge in [-0.1, -0.05) is 49.2 Å². The molecule has 0 saturated heterocycles. The first-order valence-corrected chi connectivity index (χ1v) is 10.7. The molecule has 0 aliphatic carbocycles. The molecule has 2 aromatic rings. The van der Waals surface area contributed by atoms with Crippen LogP contribution < -0.4 is 9.47 Å². The van der Waals surface area contributed by atoms with Gasteiger partial charge in [-0.3, -0.25) is 0 Å². The highest BCUT2D eigenvalue weighted by atomic mass is 35.5. The van der Waals surface area contributed by atoms with Gasteiger partial charge in [-0.05, 0) is 35.4 Å². The average Bonchev–Trinajstić information content (AvgIpc) is 2.71. The van der Waals surface area contributed by atoms with Crippen LogP contribution in [-0.2, 0) is 10.2 Å². The summed E-state index contributed by atoms with van der Waals surface area (Å²) in [6.45, 7) is 4.50. The molecule has 2 aromatic carbocycles. The smallest absolute Gasteiger partial charge is 0.156 e. The Hall–Kier alpha value is -1.21. The maximum absolute atomic E-state index is 9.69. The van der Waals surface area contributed by atoms with E-state index in [1.807, 2.05) is 24.3 Å². The summed E-state index contributed by atoms with van der Waals surface area (Å²) in [4.78, 5) is 0. The van der Waals surface area contributed by atoms with Crippen LogP contribution in [0.15, 0.2) is 36.4 Å². The van der Waals surface area contributed by atoms with Crippen LogP contribution in [0.25, 0.3) is 0 Å². The van der Waals surface area contributed by atoms with E-state index in [1.54, 1.807) is 12.1 Å². The van der Waals surface area contributed by atoms with Crippen molar-refractivity contribution in [1.82, 2.24) is 0 Å². The molecule has 0 radical (unpaired) electrons. The van der Waals surface area contributed by atoms with Crippen molar-refractivity contribution in [2.45, 2.75) is 31.5 Å². The van der Waals surface area contributed by atoms with Gasteiger partial charge in [-0.25, -0.2) is 0 Å². The number of halogens is 3. The van der Waals surface area contributed by atoms with Crippen molar-refractivity contribution in [3.05, 3.63) is 57.6 Å². The fourth-order valence-corrected chi connectivity index (χ4v) is 3.54. The van der Waals surface area contributed by atoms with Gasteiger partial charge in [0, 0.05) is 12.5 Å². The number of aliphatic hydroxyl groups excluding tert-OH is 2. The van der Waals surface area contributed by atoms with Crippen LogP contribution in [0.3, 0.4) is 0 Å². The Kier molecular flexibility index (Phi) is 9.54. The van der Waals surface area contributed by atoms with E-state index in [4.69, 9.17) is 49.0 Å². The average molecular weight is 478 g/mol. The Morgan fingerprint density at radius 2 is 1.43 bits per heavy atom. The van der Waals surface area contributed by atoms with E-state index in [0.717, 1.165) is 11.1 Å². The largest absolute Gasteiger partial charge is 0.491 e. The maximum atomic E-state index is 9.69. The highest BCUT2D eigenvalue weighted by Crippen LogP contribution is 2.40. The van der Waals surface area contributed by atoms with Crippen LogP contribution >= 0.6 is 34.8 Å². The van der Waals surface area contributed by atoms with Crippen LogP contribution in [0.2, 0.25) is 10.0 Å². The number of benzene rings is 2. The van der Waals surface area contributed by atoms with Gasteiger partial charge in [-0.2, -0.15) is 0 Å². The zero-order chi connectivity index (χ0) is 22.3. The van der Waals surface area contributed by atoms with Crippen LogP contribution in [0.5, 0.6) is 11.5 Å². The van der Waals surface area contributed by atoms with Crippen molar-refractivity contribution in [3.8, 4) is 11.5 Å². The third-order valence-electron chi connectivity index (χ3n) is 4.70. The minimum Gasteiger partial charge on any atom is -0.491 e. The number of rotatable bonds is 11. The number of alkyl halides is 1. The molecule has 30 heavy (non-hydrogen) atoms. The molecule has 0 aliphatic rings. The quantitative estimate of drug-likeness (QED) is 0.460. The molecule has 0 heterocycles. The lowest BCUT2D eigenvalue weighted by Gasteiger charge is -2.27. The molecule has 0 amide bonds. The Morgan fingerprint density at radius 3 is 1.97 bits per heavy atom. The van der Waals surface area contributed by atoms with E-state index in [1.165, 1.54) is 7.11 Å². The topological polar surface area (TPSA) is 68.2 Å². The van der Waals surface area contributed by atoms with Crippen molar-refractivity contribution in [2.24, 2.45) is 0 Å². The molecule has 0 aliphatic heterocycles. The van der Waals surface area contributed by atoms with Gasteiger partial charge in [-0.15, -0.1) is 11.6 Å². The SMILES string of the molecule is COC[C@@H](O)COc1ccc(C(C)(C)c2cc(Cl)c(OC[C@H](O)CCl)c(Cl)c2)cc1. The van der Waals surface area contributed by atoms with Gasteiger partial charge in [0.15, 0.2) is 5.75 Å². The normalized spacial score (nSPS) is 13.7. The summed E-state index contributed by atoms with van der Waals surface area (Å²) in [6, 6.07) is 11.2. The van der Waals surface area contributed by atoms with Crippen LogP contribution in [0, 0.1) is 0 Å². The molecule has 166 valence electrons. The fourth-order valence-electron chi connectivity index (χ4n) is 2.85. The molecule has 0 unspecified atom stereocenters. The second-order valence-corrected chi connectivity index (χ2v) is 8.58. The van der Waals surface area contributed by atoms with E-state index < -0.39 is 17.6 Å². The second-order valence-electron chi connectivity index (χ2n) is 7.46. The van der Waals surface area contributed by atoms with Crippen LogP contribution in [0.1, 0.15) is 25.0 Å². The number of hydrogen-bond donors (Lipinski definition) is 2. The van der Waals surface area contributed by atoms with Crippen LogP contribution in [-0.4, -0.2) is 55.2 Å². The molecule has 2 rings (SSSR count). The molecule has 2 N–H and O–H groups in total. The summed E-state index contributed by atoms with van der Waals surface area (Å²) in [5, 5.41) is 20.0. The lowest BCUT2D eigenvalue weighted by molar-refractivity contribution is 0.0325. The van der Waals surface area contributed by atoms with Gasteiger partial charge >= 0.3 is 0 Å². The zero-order valence-electron chi connectivity index (χ0n) is 17.2. The standard InChI is InChI=1S/C22H27Cl3O5/c1-22(2,14-4-6-18(7-5-14)29-13-17(27)11-28-3)15-8-19(24)21(20(25)9-15)30-12-16(26)10-23/h4-9,16-17,26-27H,10-13H2,1-3H3/t16-,17-/m1/s1. The molecule has 2 atom stereocenters. The monoisotopic (exact) mass is 476 g/mol. The van der Waals surface area contributed by atoms with Crippen LogP contribution in [0.4, 0.5) is 0 Å². The van der Waals surface area contributed by atoms with E-state index in [2.05, 4.69) is 13.8 Å². The molecular formula is C22H27Cl3O5. The zero-order valence-corrected chi connectivity index (χ0v) is 19.5. The molecule has 0 bridgehead atoms. The number of hydrogen-bond acceptors (Lipinski definition) is 5. The molecule has 0 fully saturated rings. The summed E-state index contributed by atoms with van der Waals surface area (Å²) >= 11 is 18.4. The molecule has 0 spiro atoms. The summed E-state index contributed by atoms with van der Waals surface area (Å²) in [5.74, 6) is 1.04. The van der Waals surface area contributed by atoms with Gasteiger partial charge in [0.25, 0.3) is 0 Å². The predicted octanol–water partition coefficient (Wildman–Crippen LogP) is 4.68. The summed E-state index contributed by atoms with van der Waals surface area (Å²) in [6.07, 6.45) is -1.48. The van der Waals surface area contributed by atoms with E-state index in [9.17, 15) is 10.2 Å². The Morgan fingerprint density at radius 1 is 0.867 bits per heavy atom. The van der Waals surface area contributed by atoms with Gasteiger partial charge in [0.1, 0.15) is 31.2 Å². The summed E-state index contributed by atoms with van der Waals surface area (Å²) in [7, 11) is 1.53. The third kappa shape index (κ3) is 6.64. The minimum absolute atomic E-state index is 0.00617. The number of ether oxygens (including phenoxy) is 3. The first-order chi connectivity index (χ1) is 14.2. The van der Waals surface area contributed by atoms with Gasteiger partial charge in [0.2, 0.25) is 0 Å². The Bertz CT molecular complexity index is 788. The molecular weight excluding hydrogens is 451 g/mol. The molecule has 5 nitrogen and oxygen atoms in total. The third-order valence-corrected chi connectivity index (χ3v) is 5.61. The van der Waals surface area contributed by atoms with Crippen molar-refractivity contribution in [1.29, 1.82) is 0 Å². The van der Waals surface area contributed by atoms with E-state index in [0.29, 0.717) is 21.5 Å². The molecule has 0 saturated carbocycles. The minimum atomic E-state index is -0.800. The van der Waals surface area contributed by atoms with Crippen molar-refractivity contribution < 1.29 is 24.4 Å². The van der Waals surface area contributed by atoms with Crippen molar-refractivity contribution in [3.63, 3.8) is 0 Å².